The lowest BCUT2D eigenvalue weighted by Crippen LogP contribution is -2.48. The van der Waals surface area contributed by atoms with Crippen LogP contribution in [-0.2, 0) is 14.4 Å². The van der Waals surface area contributed by atoms with E-state index in [1.807, 2.05) is 34.6 Å². The standard InChI is InChI=1S/C23H43N3O3/c1-14(2)22(28)20(26-19(8)27)17(6)12-10-9-11-16(5)13-18(7)21(23(24)29)25-15(3)4/h9-10,14-18,20-21,25H,11-13H2,1-8H3,(H2,24,29)(H,26,27)/b10-9-. The minimum atomic E-state index is -0.451. The molecule has 2 amide bonds. The number of hydrogen-bond acceptors (Lipinski definition) is 4. The SMILES string of the molecule is CC(=O)NC(C(=O)C(C)C)C(C)C/C=C\CC(C)CC(C)C(NC(C)C)C(N)=O. The third kappa shape index (κ3) is 11.2. The lowest BCUT2D eigenvalue weighted by Gasteiger charge is -2.26. The van der Waals surface area contributed by atoms with Crippen molar-refractivity contribution in [1.82, 2.24) is 10.6 Å². The summed E-state index contributed by atoms with van der Waals surface area (Å²) in [6, 6.07) is -0.563. The molecule has 0 aliphatic carbocycles. The highest BCUT2D eigenvalue weighted by atomic mass is 16.2. The van der Waals surface area contributed by atoms with Crippen molar-refractivity contribution in [3.63, 3.8) is 0 Å². The molecule has 6 nitrogen and oxygen atoms in total. The Morgan fingerprint density at radius 3 is 1.86 bits per heavy atom. The van der Waals surface area contributed by atoms with Gasteiger partial charge in [0.1, 0.15) is 0 Å². The Hall–Kier alpha value is -1.69. The van der Waals surface area contributed by atoms with Crippen molar-refractivity contribution in [2.45, 2.75) is 92.8 Å². The quantitative estimate of drug-likeness (QED) is 0.383. The average Bonchev–Trinajstić information content (AvgIpc) is 2.59. The molecule has 0 saturated heterocycles. The Morgan fingerprint density at radius 2 is 1.41 bits per heavy atom. The molecule has 0 heterocycles. The predicted molar refractivity (Wildman–Crippen MR) is 119 cm³/mol. The second kappa shape index (κ2) is 13.5. The molecule has 0 bridgehead atoms. The summed E-state index contributed by atoms with van der Waals surface area (Å²) >= 11 is 0. The van der Waals surface area contributed by atoms with E-state index >= 15 is 0 Å². The van der Waals surface area contributed by atoms with E-state index in [4.69, 9.17) is 5.73 Å². The van der Waals surface area contributed by atoms with Gasteiger partial charge in [-0.1, -0.05) is 60.6 Å². The molecular formula is C23H43N3O3. The lowest BCUT2D eigenvalue weighted by molar-refractivity contribution is -0.129. The fraction of sp³-hybridized carbons (Fsp3) is 0.783. The first kappa shape index (κ1) is 27.3. The van der Waals surface area contributed by atoms with Gasteiger partial charge < -0.3 is 16.4 Å². The maximum atomic E-state index is 12.4. The van der Waals surface area contributed by atoms with Gasteiger partial charge in [0.25, 0.3) is 0 Å². The maximum absolute atomic E-state index is 12.4. The fourth-order valence-corrected chi connectivity index (χ4v) is 3.60. The summed E-state index contributed by atoms with van der Waals surface area (Å²) < 4.78 is 0. The van der Waals surface area contributed by atoms with E-state index in [0.29, 0.717) is 5.92 Å². The molecule has 0 aliphatic rings. The number of carbonyl (C=O) groups excluding carboxylic acids is 3. The van der Waals surface area contributed by atoms with Gasteiger partial charge in [-0.05, 0) is 37.0 Å². The molecule has 0 aliphatic heterocycles. The zero-order chi connectivity index (χ0) is 22.7. The molecule has 6 heteroatoms. The smallest absolute Gasteiger partial charge is 0.234 e. The van der Waals surface area contributed by atoms with E-state index in [1.165, 1.54) is 6.92 Å². The topological polar surface area (TPSA) is 101 Å². The Kier molecular flexibility index (Phi) is 12.7. The molecule has 5 unspecified atom stereocenters. The normalized spacial score (nSPS) is 17.2. The Bertz CT molecular complexity index is 558. The highest BCUT2D eigenvalue weighted by molar-refractivity contribution is 5.89. The third-order valence-electron chi connectivity index (χ3n) is 5.18. The van der Waals surface area contributed by atoms with Crippen LogP contribution in [-0.4, -0.2) is 35.7 Å². The van der Waals surface area contributed by atoms with Crippen LogP contribution < -0.4 is 16.4 Å². The first-order valence-corrected chi connectivity index (χ1v) is 10.9. The van der Waals surface area contributed by atoms with Crippen LogP contribution in [0.4, 0.5) is 0 Å². The van der Waals surface area contributed by atoms with Crippen LogP contribution in [0.1, 0.15) is 74.7 Å². The van der Waals surface area contributed by atoms with E-state index < -0.39 is 6.04 Å². The van der Waals surface area contributed by atoms with E-state index in [2.05, 4.69) is 36.6 Å². The van der Waals surface area contributed by atoms with Crippen molar-refractivity contribution >= 4 is 17.6 Å². The summed E-state index contributed by atoms with van der Waals surface area (Å²) in [6.45, 7) is 15.4. The molecule has 0 radical (unpaired) electrons. The van der Waals surface area contributed by atoms with E-state index in [9.17, 15) is 14.4 Å². The molecule has 5 atom stereocenters. The Morgan fingerprint density at radius 1 is 0.862 bits per heavy atom. The first-order valence-electron chi connectivity index (χ1n) is 10.9. The van der Waals surface area contributed by atoms with Gasteiger partial charge >= 0.3 is 0 Å². The number of amides is 2. The number of nitrogens with two attached hydrogens (primary N) is 1. The zero-order valence-corrected chi connectivity index (χ0v) is 19.6. The summed E-state index contributed by atoms with van der Waals surface area (Å²) in [4.78, 5) is 35.6. The third-order valence-corrected chi connectivity index (χ3v) is 5.18. The van der Waals surface area contributed by atoms with Gasteiger partial charge in [-0.15, -0.1) is 0 Å². The summed E-state index contributed by atoms with van der Waals surface area (Å²) in [5.41, 5.74) is 5.55. The minimum Gasteiger partial charge on any atom is -0.368 e. The Balaban J connectivity index is 4.67. The maximum Gasteiger partial charge on any atom is 0.234 e. The van der Waals surface area contributed by atoms with Gasteiger partial charge in [-0.25, -0.2) is 0 Å². The van der Waals surface area contributed by atoms with Crippen LogP contribution in [0.25, 0.3) is 0 Å². The number of carbonyl (C=O) groups is 3. The largest absolute Gasteiger partial charge is 0.368 e. The fourth-order valence-electron chi connectivity index (χ4n) is 3.60. The van der Waals surface area contributed by atoms with Gasteiger partial charge in [0.2, 0.25) is 11.8 Å². The van der Waals surface area contributed by atoms with Crippen molar-refractivity contribution < 1.29 is 14.4 Å². The summed E-state index contributed by atoms with van der Waals surface area (Å²) in [5.74, 6) is 0.0773. The second-order valence-corrected chi connectivity index (χ2v) is 9.17. The zero-order valence-electron chi connectivity index (χ0n) is 19.6. The number of nitrogens with one attached hydrogen (secondary N) is 2. The summed E-state index contributed by atoms with van der Waals surface area (Å²) in [6.07, 6.45) is 6.74. The molecule has 0 aromatic carbocycles. The number of rotatable bonds is 14. The van der Waals surface area contributed by atoms with Crippen molar-refractivity contribution in [2.24, 2.45) is 29.4 Å². The van der Waals surface area contributed by atoms with E-state index in [-0.39, 0.29) is 47.4 Å². The molecule has 0 aromatic heterocycles. The average molecular weight is 410 g/mol. The molecule has 0 aromatic rings. The molecule has 4 N–H and O–H groups in total. The second-order valence-electron chi connectivity index (χ2n) is 9.17. The molecule has 168 valence electrons. The van der Waals surface area contributed by atoms with Crippen LogP contribution in [0.3, 0.4) is 0 Å². The van der Waals surface area contributed by atoms with Gasteiger partial charge in [-0.2, -0.15) is 0 Å². The molecule has 0 spiro atoms. The van der Waals surface area contributed by atoms with Crippen LogP contribution in [0, 0.1) is 23.7 Å². The van der Waals surface area contributed by atoms with Gasteiger partial charge in [0.05, 0.1) is 12.1 Å². The predicted octanol–water partition coefficient (Wildman–Crippen LogP) is 3.20. The van der Waals surface area contributed by atoms with Crippen LogP contribution >= 0.6 is 0 Å². The van der Waals surface area contributed by atoms with E-state index in [1.54, 1.807) is 0 Å². The van der Waals surface area contributed by atoms with Gasteiger partial charge in [0, 0.05) is 18.9 Å². The highest BCUT2D eigenvalue weighted by Crippen LogP contribution is 2.20. The van der Waals surface area contributed by atoms with Crippen molar-refractivity contribution in [3.8, 4) is 0 Å². The van der Waals surface area contributed by atoms with Crippen molar-refractivity contribution in [1.29, 1.82) is 0 Å². The van der Waals surface area contributed by atoms with Gasteiger partial charge in [-0.3, -0.25) is 14.4 Å². The monoisotopic (exact) mass is 409 g/mol. The number of hydrogen-bond donors (Lipinski definition) is 3. The Labute approximate surface area is 177 Å². The molecule has 29 heavy (non-hydrogen) atoms. The van der Waals surface area contributed by atoms with Crippen LogP contribution in [0.5, 0.6) is 0 Å². The summed E-state index contributed by atoms with van der Waals surface area (Å²) in [5, 5.41) is 6.06. The highest BCUT2D eigenvalue weighted by Gasteiger charge is 2.27. The first-order chi connectivity index (χ1) is 13.4. The number of allylic oxidation sites excluding steroid dienone is 2. The van der Waals surface area contributed by atoms with Crippen LogP contribution in [0.15, 0.2) is 12.2 Å². The molecule has 0 rings (SSSR count). The van der Waals surface area contributed by atoms with Gasteiger partial charge in [0.15, 0.2) is 5.78 Å². The van der Waals surface area contributed by atoms with Crippen LogP contribution in [0.2, 0.25) is 0 Å². The lowest BCUT2D eigenvalue weighted by atomic mass is 9.87. The summed E-state index contributed by atoms with van der Waals surface area (Å²) in [7, 11) is 0. The van der Waals surface area contributed by atoms with Crippen molar-refractivity contribution in [3.05, 3.63) is 12.2 Å². The molecular weight excluding hydrogens is 366 g/mol. The number of ketones is 1. The van der Waals surface area contributed by atoms with Crippen molar-refractivity contribution in [2.75, 3.05) is 0 Å². The molecule has 0 saturated carbocycles. The number of Topliss-reactive ketones (excluding diaryl/α,β-unsaturated/α-hetero) is 1. The molecule has 0 fully saturated rings. The minimum absolute atomic E-state index is 0.0359. The number of primary amides is 1. The van der Waals surface area contributed by atoms with E-state index in [0.717, 1.165) is 19.3 Å².